The number of halogens is 3. The highest BCUT2D eigenvalue weighted by Gasteiger charge is 2.16. The molecule has 1 amide bonds. The van der Waals surface area contributed by atoms with Crippen LogP contribution in [-0.2, 0) is 0 Å². The van der Waals surface area contributed by atoms with Crippen molar-refractivity contribution in [1.82, 2.24) is 4.98 Å². The second kappa shape index (κ2) is 7.96. The first-order valence-electron chi connectivity index (χ1n) is 7.46. The lowest BCUT2D eigenvalue weighted by Crippen LogP contribution is -2.11. The fourth-order valence-electron chi connectivity index (χ4n) is 2.36. The van der Waals surface area contributed by atoms with Crippen LogP contribution in [0.3, 0.4) is 0 Å². The average Bonchev–Trinajstić information content (AvgIpc) is 2.94. The number of aryl methyl sites for hydroxylation is 1. The number of amides is 1. The summed E-state index contributed by atoms with van der Waals surface area (Å²) in [4.78, 5) is 17.9. The van der Waals surface area contributed by atoms with Gasteiger partial charge in [0.05, 0.1) is 22.3 Å². The van der Waals surface area contributed by atoms with Crippen LogP contribution in [0.15, 0.2) is 40.9 Å². The molecule has 2 aromatic carbocycles. The smallest absolute Gasteiger partial charge is 0.257 e. The summed E-state index contributed by atoms with van der Waals surface area (Å²) in [6.45, 7) is 1.93. The average molecular weight is 472 g/mol. The summed E-state index contributed by atoms with van der Waals surface area (Å²) < 4.78 is 5.88. The summed E-state index contributed by atoms with van der Waals surface area (Å²) >= 11 is 17.0. The van der Waals surface area contributed by atoms with E-state index in [1.54, 1.807) is 37.4 Å². The summed E-state index contributed by atoms with van der Waals surface area (Å²) in [6.07, 6.45) is 0. The van der Waals surface area contributed by atoms with Crippen molar-refractivity contribution in [3.8, 4) is 17.0 Å². The molecule has 0 aliphatic heterocycles. The molecule has 0 aliphatic carbocycles. The molecule has 3 rings (SSSR count). The van der Waals surface area contributed by atoms with Crippen molar-refractivity contribution in [3.05, 3.63) is 61.4 Å². The zero-order valence-electron chi connectivity index (χ0n) is 13.8. The molecule has 0 aliphatic rings. The minimum Gasteiger partial charge on any atom is -0.496 e. The van der Waals surface area contributed by atoms with Gasteiger partial charge in [0.2, 0.25) is 0 Å². The Labute approximate surface area is 173 Å². The van der Waals surface area contributed by atoms with E-state index in [2.05, 4.69) is 26.2 Å². The number of rotatable bonds is 4. The van der Waals surface area contributed by atoms with Gasteiger partial charge >= 0.3 is 0 Å². The highest BCUT2D eigenvalue weighted by molar-refractivity contribution is 9.10. The maximum absolute atomic E-state index is 12.5. The third kappa shape index (κ3) is 4.04. The number of benzene rings is 2. The largest absolute Gasteiger partial charge is 0.496 e. The van der Waals surface area contributed by atoms with Crippen molar-refractivity contribution >= 4 is 61.5 Å². The first-order chi connectivity index (χ1) is 12.4. The predicted molar refractivity (Wildman–Crippen MR) is 111 cm³/mol. The molecule has 0 bridgehead atoms. The number of nitrogens with zero attached hydrogens (tertiary/aromatic N) is 1. The number of hydrogen-bond donors (Lipinski definition) is 1. The molecule has 1 N–H and O–H groups in total. The Morgan fingerprint density at radius 3 is 2.65 bits per heavy atom. The quantitative estimate of drug-likeness (QED) is 0.475. The molecule has 134 valence electrons. The van der Waals surface area contributed by atoms with E-state index in [0.29, 0.717) is 31.0 Å². The fourth-order valence-corrected chi connectivity index (χ4v) is 4.22. The number of aromatic nitrogens is 1. The van der Waals surface area contributed by atoms with Crippen molar-refractivity contribution in [2.45, 2.75) is 6.92 Å². The lowest BCUT2D eigenvalue weighted by molar-refractivity contribution is 0.102. The van der Waals surface area contributed by atoms with Gasteiger partial charge in [-0.05, 0) is 59.3 Å². The van der Waals surface area contributed by atoms with Crippen LogP contribution in [0.4, 0.5) is 5.13 Å². The van der Waals surface area contributed by atoms with Gasteiger partial charge in [-0.1, -0.05) is 23.2 Å². The third-order valence-corrected chi connectivity index (χ3v) is 5.67. The van der Waals surface area contributed by atoms with Crippen LogP contribution in [0.2, 0.25) is 10.0 Å². The second-order valence-electron chi connectivity index (χ2n) is 5.35. The van der Waals surface area contributed by atoms with E-state index in [9.17, 15) is 4.79 Å². The highest BCUT2D eigenvalue weighted by atomic mass is 79.9. The lowest BCUT2D eigenvalue weighted by atomic mass is 10.1. The van der Waals surface area contributed by atoms with Gasteiger partial charge in [0.15, 0.2) is 5.13 Å². The third-order valence-electron chi connectivity index (χ3n) is 3.62. The van der Waals surface area contributed by atoms with Gasteiger partial charge < -0.3 is 4.74 Å². The van der Waals surface area contributed by atoms with E-state index < -0.39 is 0 Å². The standard InChI is InChI=1S/C18H13BrCl2N2O2S/c1-9-16(12-5-4-11(20)8-14(12)21)22-18(26-9)23-17(24)10-3-6-15(25-2)13(19)7-10/h3-8H,1-2H3,(H,22,23,24). The van der Waals surface area contributed by atoms with Gasteiger partial charge in [-0.25, -0.2) is 4.98 Å². The Kier molecular flexibility index (Phi) is 5.87. The fraction of sp³-hybridized carbons (Fsp3) is 0.111. The number of hydrogen-bond acceptors (Lipinski definition) is 4. The Morgan fingerprint density at radius 2 is 2.00 bits per heavy atom. The van der Waals surface area contributed by atoms with Crippen molar-refractivity contribution < 1.29 is 9.53 Å². The Bertz CT molecular complexity index is 991. The Hall–Kier alpha value is -1.60. The first-order valence-corrected chi connectivity index (χ1v) is 9.83. The molecule has 0 unspecified atom stereocenters. The molecule has 0 atom stereocenters. The van der Waals surface area contributed by atoms with Crippen LogP contribution in [0.5, 0.6) is 5.75 Å². The molecule has 4 nitrogen and oxygen atoms in total. The minimum absolute atomic E-state index is 0.254. The molecular formula is C18H13BrCl2N2O2S. The first kappa shape index (κ1) is 19.2. The van der Waals surface area contributed by atoms with Crippen LogP contribution >= 0.6 is 50.5 Å². The highest BCUT2D eigenvalue weighted by Crippen LogP contribution is 2.36. The van der Waals surface area contributed by atoms with Crippen LogP contribution < -0.4 is 10.1 Å². The minimum atomic E-state index is -0.254. The molecule has 8 heteroatoms. The molecule has 0 saturated heterocycles. The molecule has 26 heavy (non-hydrogen) atoms. The zero-order chi connectivity index (χ0) is 18.8. The van der Waals surface area contributed by atoms with Crippen LogP contribution in [0.1, 0.15) is 15.2 Å². The summed E-state index contributed by atoms with van der Waals surface area (Å²) in [6, 6.07) is 10.4. The Balaban J connectivity index is 1.85. The van der Waals surface area contributed by atoms with Gasteiger partial charge in [-0.2, -0.15) is 0 Å². The maximum atomic E-state index is 12.5. The van der Waals surface area contributed by atoms with E-state index in [1.807, 2.05) is 13.0 Å². The van der Waals surface area contributed by atoms with Crippen LogP contribution in [0.25, 0.3) is 11.3 Å². The second-order valence-corrected chi connectivity index (χ2v) is 8.25. The molecular weight excluding hydrogens is 459 g/mol. The van der Waals surface area contributed by atoms with E-state index in [1.165, 1.54) is 11.3 Å². The molecule has 1 heterocycles. The van der Waals surface area contributed by atoms with E-state index >= 15 is 0 Å². The topological polar surface area (TPSA) is 51.2 Å². The molecule has 0 saturated carbocycles. The Morgan fingerprint density at radius 1 is 1.23 bits per heavy atom. The maximum Gasteiger partial charge on any atom is 0.257 e. The van der Waals surface area contributed by atoms with Gasteiger partial charge in [0.25, 0.3) is 5.91 Å². The number of nitrogens with one attached hydrogen (secondary N) is 1. The van der Waals surface area contributed by atoms with E-state index in [-0.39, 0.29) is 5.91 Å². The van der Waals surface area contributed by atoms with Crippen LogP contribution in [0, 0.1) is 6.92 Å². The summed E-state index contributed by atoms with van der Waals surface area (Å²) in [5.74, 6) is 0.405. The van der Waals surface area contributed by atoms with Gasteiger partial charge in [-0.15, -0.1) is 11.3 Å². The molecule has 0 fully saturated rings. The summed E-state index contributed by atoms with van der Waals surface area (Å²) in [5.41, 5.74) is 2.00. The van der Waals surface area contributed by atoms with Gasteiger partial charge in [0.1, 0.15) is 5.75 Å². The number of carbonyl (C=O) groups is 1. The van der Waals surface area contributed by atoms with E-state index in [4.69, 9.17) is 27.9 Å². The normalized spacial score (nSPS) is 10.7. The lowest BCUT2D eigenvalue weighted by Gasteiger charge is -2.06. The van der Waals surface area contributed by atoms with Crippen LogP contribution in [-0.4, -0.2) is 18.0 Å². The molecule has 3 aromatic rings. The number of thiazole rings is 1. The number of anilines is 1. The molecule has 0 radical (unpaired) electrons. The van der Waals surface area contributed by atoms with Crippen molar-refractivity contribution in [3.63, 3.8) is 0 Å². The number of carbonyl (C=O) groups excluding carboxylic acids is 1. The molecule has 1 aromatic heterocycles. The van der Waals surface area contributed by atoms with Crippen molar-refractivity contribution in [2.75, 3.05) is 12.4 Å². The monoisotopic (exact) mass is 470 g/mol. The van der Waals surface area contributed by atoms with Gasteiger partial charge in [-0.3, -0.25) is 10.1 Å². The SMILES string of the molecule is COc1ccc(C(=O)Nc2nc(-c3ccc(Cl)cc3Cl)c(C)s2)cc1Br. The van der Waals surface area contributed by atoms with E-state index in [0.717, 1.165) is 16.1 Å². The van der Waals surface area contributed by atoms with Gasteiger partial charge in [0, 0.05) is 21.0 Å². The van der Waals surface area contributed by atoms with Crippen molar-refractivity contribution in [2.24, 2.45) is 0 Å². The molecule has 0 spiro atoms. The number of ether oxygens (including phenoxy) is 1. The summed E-state index contributed by atoms with van der Waals surface area (Å²) in [5, 5.41) is 4.40. The zero-order valence-corrected chi connectivity index (χ0v) is 17.7. The summed E-state index contributed by atoms with van der Waals surface area (Å²) in [7, 11) is 1.57. The van der Waals surface area contributed by atoms with Crippen molar-refractivity contribution in [1.29, 1.82) is 0 Å². The predicted octanol–water partition coefficient (Wildman–Crippen LogP) is 6.45. The number of methoxy groups -OCH3 is 1.